The number of halogens is 3. The minimum atomic E-state index is -4.36. The quantitative estimate of drug-likeness (QED) is 0.895. The third-order valence-corrected chi connectivity index (χ3v) is 2.93. The van der Waals surface area contributed by atoms with Gasteiger partial charge in [0, 0.05) is 12.2 Å². The first kappa shape index (κ1) is 15.0. The molecule has 112 valence electrons. The average molecular weight is 297 g/mol. The summed E-state index contributed by atoms with van der Waals surface area (Å²) in [6.07, 6.45) is -4.36. The number of alkyl halides is 3. The normalized spacial score (nSPS) is 11.2. The van der Waals surface area contributed by atoms with Crippen molar-refractivity contribution in [2.75, 3.05) is 12.4 Å². The number of ether oxygens (including phenoxy) is 1. The molecule has 0 atom stereocenters. The van der Waals surface area contributed by atoms with Crippen LogP contribution in [-0.4, -0.2) is 12.2 Å². The number of hydrogen-bond acceptors (Lipinski definition) is 3. The van der Waals surface area contributed by atoms with Gasteiger partial charge < -0.3 is 15.2 Å². The lowest BCUT2D eigenvalue weighted by Gasteiger charge is -2.11. The number of benzene rings is 2. The predicted octanol–water partition coefficient (Wildman–Crippen LogP) is 4.03. The molecule has 0 aliphatic rings. The fourth-order valence-electron chi connectivity index (χ4n) is 1.84. The number of aromatic hydroxyl groups is 1. The van der Waals surface area contributed by atoms with Gasteiger partial charge in [-0.2, -0.15) is 13.2 Å². The highest BCUT2D eigenvalue weighted by molar-refractivity contribution is 5.48. The van der Waals surface area contributed by atoms with Gasteiger partial charge in [0.25, 0.3) is 0 Å². The van der Waals surface area contributed by atoms with Gasteiger partial charge in [0.05, 0.1) is 12.7 Å². The molecule has 21 heavy (non-hydrogen) atoms. The van der Waals surface area contributed by atoms with E-state index in [0.717, 1.165) is 17.7 Å². The number of phenols is 1. The van der Waals surface area contributed by atoms with Crippen LogP contribution in [0.25, 0.3) is 0 Å². The summed E-state index contributed by atoms with van der Waals surface area (Å²) in [6.45, 7) is 0.317. The molecule has 0 heterocycles. The molecule has 0 fully saturated rings. The summed E-state index contributed by atoms with van der Waals surface area (Å²) in [4.78, 5) is 0. The van der Waals surface area contributed by atoms with E-state index in [1.54, 1.807) is 18.2 Å². The Morgan fingerprint density at radius 1 is 1.14 bits per heavy atom. The monoisotopic (exact) mass is 297 g/mol. The third kappa shape index (κ3) is 3.81. The number of nitrogens with one attached hydrogen (secondary N) is 1. The Kier molecular flexibility index (Phi) is 4.26. The van der Waals surface area contributed by atoms with Crippen molar-refractivity contribution in [1.29, 1.82) is 0 Å². The zero-order chi connectivity index (χ0) is 15.5. The smallest absolute Gasteiger partial charge is 0.416 e. The average Bonchev–Trinajstić information content (AvgIpc) is 2.46. The molecular weight excluding hydrogens is 283 g/mol. The van der Waals surface area contributed by atoms with Crippen molar-refractivity contribution in [1.82, 2.24) is 0 Å². The largest absolute Gasteiger partial charge is 0.504 e. The maximum atomic E-state index is 12.6. The summed E-state index contributed by atoms with van der Waals surface area (Å²) in [5.74, 6) is 0.332. The van der Waals surface area contributed by atoms with Crippen molar-refractivity contribution in [2.45, 2.75) is 12.7 Å². The van der Waals surface area contributed by atoms with E-state index >= 15 is 0 Å². The molecule has 6 heteroatoms. The van der Waals surface area contributed by atoms with Gasteiger partial charge >= 0.3 is 6.18 Å². The van der Waals surface area contributed by atoms with E-state index in [1.807, 2.05) is 0 Å². The van der Waals surface area contributed by atoms with Crippen molar-refractivity contribution in [3.63, 3.8) is 0 Å². The summed E-state index contributed by atoms with van der Waals surface area (Å²) in [5.41, 5.74) is 0.453. The lowest BCUT2D eigenvalue weighted by Crippen LogP contribution is -2.06. The van der Waals surface area contributed by atoms with E-state index < -0.39 is 11.7 Å². The first-order chi connectivity index (χ1) is 9.90. The summed E-state index contributed by atoms with van der Waals surface area (Å²) in [5, 5.41) is 12.4. The molecule has 0 saturated carbocycles. The molecule has 2 N–H and O–H groups in total. The molecule has 0 aliphatic heterocycles. The molecule has 0 spiro atoms. The van der Waals surface area contributed by atoms with Crippen LogP contribution in [0.3, 0.4) is 0 Å². The minimum Gasteiger partial charge on any atom is -0.504 e. The van der Waals surface area contributed by atoms with Gasteiger partial charge in [-0.05, 0) is 35.9 Å². The number of methoxy groups -OCH3 is 1. The number of phenolic OH excluding ortho intramolecular Hbond substituents is 1. The van der Waals surface area contributed by atoms with Gasteiger partial charge in [0.1, 0.15) is 0 Å². The van der Waals surface area contributed by atoms with E-state index in [0.29, 0.717) is 18.0 Å². The van der Waals surface area contributed by atoms with Gasteiger partial charge in [-0.25, -0.2) is 0 Å². The van der Waals surface area contributed by atoms with Crippen LogP contribution in [0.4, 0.5) is 18.9 Å². The molecule has 0 amide bonds. The Labute approximate surface area is 120 Å². The van der Waals surface area contributed by atoms with Crippen LogP contribution in [0.1, 0.15) is 11.1 Å². The van der Waals surface area contributed by atoms with E-state index in [-0.39, 0.29) is 5.75 Å². The van der Waals surface area contributed by atoms with E-state index in [1.165, 1.54) is 19.2 Å². The third-order valence-electron chi connectivity index (χ3n) is 2.93. The molecule has 0 aliphatic carbocycles. The predicted molar refractivity (Wildman–Crippen MR) is 73.4 cm³/mol. The zero-order valence-electron chi connectivity index (χ0n) is 11.2. The molecule has 0 aromatic heterocycles. The van der Waals surface area contributed by atoms with Crippen LogP contribution in [-0.2, 0) is 12.7 Å². The Balaban J connectivity index is 2.10. The van der Waals surface area contributed by atoms with Crippen LogP contribution < -0.4 is 10.1 Å². The second-order valence-corrected chi connectivity index (χ2v) is 4.44. The highest BCUT2D eigenvalue weighted by Gasteiger charge is 2.30. The Hall–Kier alpha value is -2.37. The Bertz CT molecular complexity index is 627. The summed E-state index contributed by atoms with van der Waals surface area (Å²) >= 11 is 0. The number of anilines is 1. The van der Waals surface area contributed by atoms with Crippen LogP contribution in [0.15, 0.2) is 42.5 Å². The second-order valence-electron chi connectivity index (χ2n) is 4.44. The van der Waals surface area contributed by atoms with Gasteiger partial charge in [0.2, 0.25) is 0 Å². The Morgan fingerprint density at radius 2 is 1.90 bits per heavy atom. The van der Waals surface area contributed by atoms with Crippen molar-refractivity contribution < 1.29 is 23.0 Å². The highest BCUT2D eigenvalue weighted by Crippen LogP contribution is 2.31. The summed E-state index contributed by atoms with van der Waals surface area (Å²) < 4.78 is 42.8. The van der Waals surface area contributed by atoms with Crippen molar-refractivity contribution in [3.05, 3.63) is 53.6 Å². The zero-order valence-corrected chi connectivity index (χ0v) is 11.2. The molecule has 0 saturated heterocycles. The van der Waals surface area contributed by atoms with Crippen molar-refractivity contribution in [2.24, 2.45) is 0 Å². The molecule has 0 radical (unpaired) electrons. The van der Waals surface area contributed by atoms with Crippen LogP contribution >= 0.6 is 0 Å². The molecule has 2 aromatic carbocycles. The standard InChI is InChI=1S/C15H14F3NO2/c1-21-14-7-10(5-6-13(14)20)9-19-12-4-2-3-11(8-12)15(16,17)18/h2-8,19-20H,9H2,1H3. The van der Waals surface area contributed by atoms with Gasteiger partial charge in [0.15, 0.2) is 11.5 Å². The van der Waals surface area contributed by atoms with Gasteiger partial charge in [-0.1, -0.05) is 12.1 Å². The molecule has 0 unspecified atom stereocenters. The van der Waals surface area contributed by atoms with Gasteiger partial charge in [-0.3, -0.25) is 0 Å². The van der Waals surface area contributed by atoms with Crippen LogP contribution in [0, 0.1) is 0 Å². The fourth-order valence-corrected chi connectivity index (χ4v) is 1.84. The Morgan fingerprint density at radius 3 is 2.57 bits per heavy atom. The number of hydrogen-bond donors (Lipinski definition) is 2. The lowest BCUT2D eigenvalue weighted by atomic mass is 10.1. The molecule has 2 rings (SSSR count). The molecular formula is C15H14F3NO2. The second kappa shape index (κ2) is 5.95. The van der Waals surface area contributed by atoms with Gasteiger partial charge in [-0.15, -0.1) is 0 Å². The maximum absolute atomic E-state index is 12.6. The number of rotatable bonds is 4. The first-order valence-corrected chi connectivity index (χ1v) is 6.17. The van der Waals surface area contributed by atoms with Crippen LogP contribution in [0.5, 0.6) is 11.5 Å². The molecule has 0 bridgehead atoms. The highest BCUT2D eigenvalue weighted by atomic mass is 19.4. The molecule has 3 nitrogen and oxygen atoms in total. The topological polar surface area (TPSA) is 41.5 Å². The lowest BCUT2D eigenvalue weighted by molar-refractivity contribution is -0.137. The first-order valence-electron chi connectivity index (χ1n) is 6.17. The maximum Gasteiger partial charge on any atom is 0.416 e. The van der Waals surface area contributed by atoms with Crippen LogP contribution in [0.2, 0.25) is 0 Å². The fraction of sp³-hybridized carbons (Fsp3) is 0.200. The SMILES string of the molecule is COc1cc(CNc2cccc(C(F)(F)F)c2)ccc1O. The molecule has 2 aromatic rings. The van der Waals surface area contributed by atoms with Crippen molar-refractivity contribution >= 4 is 5.69 Å². The minimum absolute atomic E-state index is 0.0142. The van der Waals surface area contributed by atoms with E-state index in [2.05, 4.69) is 5.32 Å². The summed E-state index contributed by atoms with van der Waals surface area (Å²) in [6, 6.07) is 9.75. The summed E-state index contributed by atoms with van der Waals surface area (Å²) in [7, 11) is 1.43. The van der Waals surface area contributed by atoms with E-state index in [4.69, 9.17) is 4.74 Å². The van der Waals surface area contributed by atoms with E-state index in [9.17, 15) is 18.3 Å². The van der Waals surface area contributed by atoms with Crippen molar-refractivity contribution in [3.8, 4) is 11.5 Å².